The van der Waals surface area contributed by atoms with Gasteiger partial charge in [0.2, 0.25) is 5.88 Å². The number of amides is 2. The SMILES string of the molecule is COc1nccc2c1C[C@]1(c3ccccc3F)N=C(N(C(=O)OC(C)(C)C)C(=O)c3ccccc3)SC[C@@H]1C2. The molecule has 9 heteroatoms. The summed E-state index contributed by atoms with van der Waals surface area (Å²) < 4.78 is 26.8. The second kappa shape index (κ2) is 10.4. The first-order chi connectivity index (χ1) is 18.6. The summed E-state index contributed by atoms with van der Waals surface area (Å²) in [5, 5.41) is 0.170. The molecule has 1 aliphatic heterocycles. The van der Waals surface area contributed by atoms with Gasteiger partial charge in [0.25, 0.3) is 5.91 Å². The summed E-state index contributed by atoms with van der Waals surface area (Å²) >= 11 is 1.30. The Kier molecular flexibility index (Phi) is 7.20. The largest absolute Gasteiger partial charge is 0.481 e. The number of aromatic nitrogens is 1. The van der Waals surface area contributed by atoms with Gasteiger partial charge < -0.3 is 9.47 Å². The Morgan fingerprint density at radius 3 is 2.49 bits per heavy atom. The van der Waals surface area contributed by atoms with Crippen LogP contribution in [0.1, 0.15) is 47.8 Å². The zero-order chi connectivity index (χ0) is 27.8. The first kappa shape index (κ1) is 26.9. The second-order valence-electron chi connectivity index (χ2n) is 10.6. The van der Waals surface area contributed by atoms with Crippen molar-refractivity contribution in [2.24, 2.45) is 10.9 Å². The highest BCUT2D eigenvalue weighted by atomic mass is 32.2. The number of benzene rings is 2. The van der Waals surface area contributed by atoms with Crippen molar-refractivity contribution in [3.63, 3.8) is 0 Å². The highest BCUT2D eigenvalue weighted by Gasteiger charge is 2.50. The lowest BCUT2D eigenvalue weighted by molar-refractivity contribution is 0.0352. The summed E-state index contributed by atoms with van der Waals surface area (Å²) in [4.78, 5) is 37.8. The number of halogens is 1. The lowest BCUT2D eigenvalue weighted by Gasteiger charge is -2.46. The van der Waals surface area contributed by atoms with E-state index in [-0.39, 0.29) is 11.1 Å². The van der Waals surface area contributed by atoms with Crippen molar-refractivity contribution in [1.82, 2.24) is 9.88 Å². The van der Waals surface area contributed by atoms with Crippen LogP contribution in [0.4, 0.5) is 9.18 Å². The van der Waals surface area contributed by atoms with E-state index in [2.05, 4.69) is 4.98 Å². The van der Waals surface area contributed by atoms with Crippen LogP contribution in [0, 0.1) is 11.7 Å². The van der Waals surface area contributed by atoms with Gasteiger partial charge in [-0.2, -0.15) is 4.90 Å². The zero-order valence-electron chi connectivity index (χ0n) is 22.3. The number of aliphatic imine (C=N–C) groups is 1. The molecule has 0 radical (unpaired) electrons. The van der Waals surface area contributed by atoms with E-state index < -0.39 is 29.0 Å². The summed E-state index contributed by atoms with van der Waals surface area (Å²) in [5.41, 5.74) is 0.692. The molecule has 1 aromatic heterocycles. The van der Waals surface area contributed by atoms with Crippen molar-refractivity contribution in [3.8, 4) is 5.88 Å². The minimum Gasteiger partial charge on any atom is -0.481 e. The number of pyridine rings is 1. The Bertz CT molecular complexity index is 1440. The van der Waals surface area contributed by atoms with E-state index in [0.717, 1.165) is 16.0 Å². The summed E-state index contributed by atoms with van der Waals surface area (Å²) in [5.74, 6) is -0.0923. The van der Waals surface area contributed by atoms with Crippen LogP contribution < -0.4 is 4.74 Å². The van der Waals surface area contributed by atoms with Crippen molar-refractivity contribution < 1.29 is 23.5 Å². The maximum absolute atomic E-state index is 15.5. The number of carbonyl (C=O) groups excluding carboxylic acids is 2. The van der Waals surface area contributed by atoms with Gasteiger partial charge in [0, 0.05) is 41.0 Å². The van der Waals surface area contributed by atoms with Crippen molar-refractivity contribution in [2.75, 3.05) is 12.9 Å². The molecule has 2 aromatic carbocycles. The molecular weight excluding hydrogens is 517 g/mol. The van der Waals surface area contributed by atoms with Gasteiger partial charge >= 0.3 is 6.09 Å². The van der Waals surface area contributed by atoms with Crippen molar-refractivity contribution in [1.29, 1.82) is 0 Å². The van der Waals surface area contributed by atoms with E-state index in [0.29, 0.717) is 35.6 Å². The van der Waals surface area contributed by atoms with Crippen LogP contribution in [0.2, 0.25) is 0 Å². The van der Waals surface area contributed by atoms with Crippen LogP contribution in [0.15, 0.2) is 71.9 Å². The van der Waals surface area contributed by atoms with E-state index in [9.17, 15) is 9.59 Å². The smallest absolute Gasteiger partial charge is 0.423 e. The molecule has 39 heavy (non-hydrogen) atoms. The molecule has 0 N–H and O–H groups in total. The number of hydrogen-bond acceptors (Lipinski definition) is 7. The minimum absolute atomic E-state index is 0.102. The average molecular weight is 548 g/mol. The molecule has 0 spiro atoms. The number of rotatable bonds is 3. The summed E-state index contributed by atoms with van der Waals surface area (Å²) in [6.07, 6.45) is 1.80. The topological polar surface area (TPSA) is 81.1 Å². The number of methoxy groups -OCH3 is 1. The van der Waals surface area contributed by atoms with Crippen LogP contribution in [0.3, 0.4) is 0 Å². The third-order valence-electron chi connectivity index (χ3n) is 6.93. The second-order valence-corrected chi connectivity index (χ2v) is 11.6. The van der Waals surface area contributed by atoms with Crippen molar-refractivity contribution >= 4 is 28.9 Å². The van der Waals surface area contributed by atoms with Gasteiger partial charge in [-0.3, -0.25) is 4.79 Å². The summed E-state index contributed by atoms with van der Waals surface area (Å²) in [7, 11) is 1.55. The highest BCUT2D eigenvalue weighted by molar-refractivity contribution is 8.13. The molecule has 0 unspecified atom stereocenters. The van der Waals surface area contributed by atoms with E-state index in [1.165, 1.54) is 17.8 Å². The first-order valence-electron chi connectivity index (χ1n) is 12.7. The molecule has 0 saturated heterocycles. The zero-order valence-corrected chi connectivity index (χ0v) is 23.1. The molecule has 3 aromatic rings. The minimum atomic E-state index is -1.09. The Balaban J connectivity index is 1.69. The Morgan fingerprint density at radius 2 is 1.79 bits per heavy atom. The maximum atomic E-state index is 15.5. The quantitative estimate of drug-likeness (QED) is 0.399. The van der Waals surface area contributed by atoms with Gasteiger partial charge in [0.05, 0.1) is 12.6 Å². The van der Waals surface area contributed by atoms with Gasteiger partial charge in [-0.05, 0) is 57.0 Å². The van der Waals surface area contributed by atoms with Gasteiger partial charge in [0.15, 0.2) is 5.17 Å². The maximum Gasteiger partial charge on any atom is 0.423 e. The molecule has 0 fully saturated rings. The Labute approximate surface area is 231 Å². The van der Waals surface area contributed by atoms with E-state index in [1.54, 1.807) is 82.6 Å². The fourth-order valence-electron chi connectivity index (χ4n) is 5.19. The summed E-state index contributed by atoms with van der Waals surface area (Å²) in [6, 6.07) is 17.0. The van der Waals surface area contributed by atoms with Crippen LogP contribution in [0.5, 0.6) is 5.88 Å². The molecule has 7 nitrogen and oxygen atoms in total. The molecule has 2 amide bonds. The molecule has 5 rings (SSSR count). The predicted octanol–water partition coefficient (Wildman–Crippen LogP) is 6.02. The molecule has 0 bridgehead atoms. The molecule has 202 valence electrons. The molecule has 2 atom stereocenters. The van der Waals surface area contributed by atoms with Crippen LogP contribution >= 0.6 is 11.8 Å². The Hall–Kier alpha value is -3.72. The number of fused-ring (bicyclic) bond motifs is 2. The lowest BCUT2D eigenvalue weighted by atomic mass is 9.67. The van der Waals surface area contributed by atoms with Gasteiger partial charge in [0.1, 0.15) is 11.4 Å². The highest BCUT2D eigenvalue weighted by Crippen LogP contribution is 2.50. The number of carbonyl (C=O) groups is 2. The number of thioether (sulfide) groups is 1. The van der Waals surface area contributed by atoms with Gasteiger partial charge in [-0.1, -0.05) is 48.2 Å². The fourth-order valence-corrected chi connectivity index (χ4v) is 6.45. The molecule has 2 aliphatic rings. The van der Waals surface area contributed by atoms with Crippen molar-refractivity contribution in [3.05, 3.63) is 94.9 Å². The van der Waals surface area contributed by atoms with Crippen LogP contribution in [-0.4, -0.2) is 45.5 Å². The van der Waals surface area contributed by atoms with Crippen LogP contribution in [0.25, 0.3) is 0 Å². The number of imide groups is 1. The number of hydrogen-bond donors (Lipinski definition) is 0. The predicted molar refractivity (Wildman–Crippen MR) is 149 cm³/mol. The van der Waals surface area contributed by atoms with Gasteiger partial charge in [-0.25, -0.2) is 19.2 Å². The van der Waals surface area contributed by atoms with Gasteiger partial charge in [-0.15, -0.1) is 0 Å². The monoisotopic (exact) mass is 547 g/mol. The standard InChI is InChI=1S/C30H30FN3O4S/c1-29(2,3)38-28(36)34(26(35)19-10-6-5-7-11-19)27-33-30(23-12-8-9-13-24(23)31)17-22-20(16-21(30)18-39-27)14-15-32-25(22)37-4/h5-15,21H,16-18H2,1-4H3/t21-,30-/m0/s1. The molecule has 1 aliphatic carbocycles. The fraction of sp³-hybridized carbons (Fsp3) is 0.333. The van der Waals surface area contributed by atoms with E-state index in [1.807, 2.05) is 6.07 Å². The molecule has 0 saturated carbocycles. The molecule has 2 heterocycles. The normalized spacial score (nSPS) is 20.2. The first-order valence-corrected chi connectivity index (χ1v) is 13.7. The third-order valence-corrected chi connectivity index (χ3v) is 8.04. The van der Waals surface area contributed by atoms with E-state index in [4.69, 9.17) is 14.5 Å². The number of amidine groups is 1. The average Bonchev–Trinajstić information content (AvgIpc) is 2.91. The molecular formula is C30H30FN3O4S. The Morgan fingerprint density at radius 1 is 1.08 bits per heavy atom. The lowest BCUT2D eigenvalue weighted by Crippen LogP contribution is -2.51. The van der Waals surface area contributed by atoms with Crippen LogP contribution in [-0.2, 0) is 23.1 Å². The van der Waals surface area contributed by atoms with E-state index >= 15 is 4.39 Å². The van der Waals surface area contributed by atoms with Crippen molar-refractivity contribution in [2.45, 2.75) is 44.8 Å². The number of nitrogens with zero attached hydrogens (tertiary/aromatic N) is 3. The number of ether oxygens (including phenoxy) is 2. The third kappa shape index (κ3) is 5.15. The summed E-state index contributed by atoms with van der Waals surface area (Å²) in [6.45, 7) is 5.21.